The Labute approximate surface area is 160 Å². The minimum absolute atomic E-state index is 0. The van der Waals surface area contributed by atoms with Crippen LogP contribution in [0.15, 0.2) is 36.4 Å². The molecule has 0 spiro atoms. The molecule has 7 heteroatoms. The maximum atomic E-state index is 12.2. The molecule has 0 aliphatic heterocycles. The summed E-state index contributed by atoms with van der Waals surface area (Å²) in [6.45, 7) is 0.305. The molecular formula is C19H25ClN2O4. The number of nitrogen functional groups attached to an aromatic ring is 1. The number of hydrogen-bond acceptors (Lipinski definition) is 5. The molecule has 0 bridgehead atoms. The molecule has 0 aliphatic rings. The van der Waals surface area contributed by atoms with Crippen molar-refractivity contribution in [1.29, 1.82) is 0 Å². The van der Waals surface area contributed by atoms with Crippen molar-refractivity contribution in [3.8, 4) is 17.2 Å². The lowest BCUT2D eigenvalue weighted by molar-refractivity contribution is -0.121. The van der Waals surface area contributed by atoms with Gasteiger partial charge >= 0.3 is 0 Å². The number of nitrogens with two attached hydrogens (primary N) is 1. The van der Waals surface area contributed by atoms with Crippen LogP contribution in [0, 0.1) is 0 Å². The number of halogens is 1. The maximum Gasteiger partial charge on any atom is 0.220 e. The van der Waals surface area contributed by atoms with Crippen LogP contribution < -0.4 is 25.3 Å². The molecule has 0 radical (unpaired) electrons. The fraction of sp³-hybridized carbons (Fsp3) is 0.316. The Morgan fingerprint density at radius 3 is 2.19 bits per heavy atom. The molecular weight excluding hydrogens is 356 g/mol. The lowest BCUT2D eigenvalue weighted by atomic mass is 10.1. The Kier molecular flexibility index (Phi) is 8.58. The van der Waals surface area contributed by atoms with E-state index < -0.39 is 0 Å². The van der Waals surface area contributed by atoms with E-state index in [1.54, 1.807) is 33.5 Å². The fourth-order valence-electron chi connectivity index (χ4n) is 2.54. The van der Waals surface area contributed by atoms with Crippen LogP contribution in [0.4, 0.5) is 5.69 Å². The average Bonchev–Trinajstić information content (AvgIpc) is 2.64. The van der Waals surface area contributed by atoms with Crippen LogP contribution in [0.5, 0.6) is 17.2 Å². The minimum atomic E-state index is -0.0665. The van der Waals surface area contributed by atoms with Crippen LogP contribution in [0.1, 0.15) is 17.5 Å². The van der Waals surface area contributed by atoms with Gasteiger partial charge in [-0.15, -0.1) is 12.4 Å². The third-order valence-corrected chi connectivity index (χ3v) is 3.96. The number of carbonyl (C=O) groups excluding carboxylic acids is 1. The number of carbonyl (C=O) groups is 1. The number of ether oxygens (including phenoxy) is 3. The first kappa shape index (κ1) is 21.4. The summed E-state index contributed by atoms with van der Waals surface area (Å²) >= 11 is 0. The highest BCUT2D eigenvalue weighted by atomic mass is 35.5. The molecule has 2 aromatic rings. The Bertz CT molecular complexity index is 712. The number of anilines is 1. The SMILES string of the molecule is COc1cc(OC)c(CNC(=O)CCc2ccccc2N)c(OC)c1.Cl. The summed E-state index contributed by atoms with van der Waals surface area (Å²) in [7, 11) is 4.71. The topological polar surface area (TPSA) is 82.8 Å². The van der Waals surface area contributed by atoms with Crippen LogP contribution >= 0.6 is 12.4 Å². The molecule has 0 unspecified atom stereocenters. The number of hydrogen-bond donors (Lipinski definition) is 2. The standard InChI is InChI=1S/C19H24N2O4.ClH/c1-23-14-10-17(24-2)15(18(11-14)25-3)12-21-19(22)9-8-13-6-4-5-7-16(13)20;/h4-7,10-11H,8-9,12,20H2,1-3H3,(H,21,22);1H. The highest BCUT2D eigenvalue weighted by molar-refractivity contribution is 5.85. The number of amides is 1. The van der Waals surface area contributed by atoms with E-state index in [4.69, 9.17) is 19.9 Å². The molecule has 0 aliphatic carbocycles. The van der Waals surface area contributed by atoms with Gasteiger partial charge in [0, 0.05) is 24.2 Å². The maximum absolute atomic E-state index is 12.2. The zero-order valence-electron chi connectivity index (χ0n) is 15.2. The predicted molar refractivity (Wildman–Crippen MR) is 104 cm³/mol. The van der Waals surface area contributed by atoms with Gasteiger partial charge in [-0.25, -0.2) is 0 Å². The van der Waals surface area contributed by atoms with Crippen LogP contribution in [-0.4, -0.2) is 27.2 Å². The van der Waals surface area contributed by atoms with Crippen molar-refractivity contribution in [3.05, 3.63) is 47.5 Å². The largest absolute Gasteiger partial charge is 0.496 e. The fourth-order valence-corrected chi connectivity index (χ4v) is 2.54. The molecule has 0 fully saturated rings. The van der Waals surface area contributed by atoms with Crippen molar-refractivity contribution < 1.29 is 19.0 Å². The van der Waals surface area contributed by atoms with E-state index in [9.17, 15) is 4.79 Å². The second-order valence-corrected chi connectivity index (χ2v) is 5.49. The molecule has 3 N–H and O–H groups in total. The first-order valence-electron chi connectivity index (χ1n) is 7.98. The molecule has 142 valence electrons. The summed E-state index contributed by atoms with van der Waals surface area (Å²) in [5, 5.41) is 2.90. The number of rotatable bonds is 8. The zero-order valence-corrected chi connectivity index (χ0v) is 16.0. The third-order valence-electron chi connectivity index (χ3n) is 3.96. The van der Waals surface area contributed by atoms with E-state index in [2.05, 4.69) is 5.32 Å². The molecule has 2 rings (SSSR count). The van der Waals surface area contributed by atoms with Gasteiger partial charge in [0.1, 0.15) is 17.2 Å². The molecule has 0 saturated heterocycles. The summed E-state index contributed by atoms with van der Waals surface area (Å²) in [6.07, 6.45) is 0.949. The van der Waals surface area contributed by atoms with Crippen molar-refractivity contribution in [2.45, 2.75) is 19.4 Å². The van der Waals surface area contributed by atoms with Crippen molar-refractivity contribution in [2.24, 2.45) is 0 Å². The molecule has 6 nitrogen and oxygen atoms in total. The monoisotopic (exact) mass is 380 g/mol. The number of methoxy groups -OCH3 is 3. The first-order valence-corrected chi connectivity index (χ1v) is 7.98. The minimum Gasteiger partial charge on any atom is -0.496 e. The molecule has 0 aromatic heterocycles. The lowest BCUT2D eigenvalue weighted by Gasteiger charge is -2.15. The molecule has 0 atom stereocenters. The molecule has 0 saturated carbocycles. The van der Waals surface area contributed by atoms with Gasteiger partial charge in [-0.05, 0) is 18.1 Å². The Balaban J connectivity index is 0.00000338. The lowest BCUT2D eigenvalue weighted by Crippen LogP contribution is -2.23. The second-order valence-electron chi connectivity index (χ2n) is 5.49. The van der Waals surface area contributed by atoms with E-state index in [0.29, 0.717) is 42.3 Å². The second kappa shape index (κ2) is 10.4. The number of aryl methyl sites for hydroxylation is 1. The van der Waals surface area contributed by atoms with Gasteiger partial charge in [-0.3, -0.25) is 4.79 Å². The van der Waals surface area contributed by atoms with E-state index in [-0.39, 0.29) is 18.3 Å². The van der Waals surface area contributed by atoms with Gasteiger partial charge in [-0.2, -0.15) is 0 Å². The van der Waals surface area contributed by atoms with Crippen LogP contribution in [-0.2, 0) is 17.8 Å². The summed E-state index contributed by atoms with van der Waals surface area (Å²) in [6, 6.07) is 11.1. The Morgan fingerprint density at radius 2 is 1.65 bits per heavy atom. The van der Waals surface area contributed by atoms with Crippen LogP contribution in [0.2, 0.25) is 0 Å². The summed E-state index contributed by atoms with van der Waals surface area (Å²) < 4.78 is 16.0. The number of benzene rings is 2. The molecule has 2 aromatic carbocycles. The predicted octanol–water partition coefficient (Wildman–Crippen LogP) is 2.97. The van der Waals surface area contributed by atoms with E-state index in [1.165, 1.54) is 0 Å². The number of para-hydroxylation sites is 1. The van der Waals surface area contributed by atoms with Gasteiger partial charge in [0.25, 0.3) is 0 Å². The normalized spacial score (nSPS) is 9.81. The summed E-state index contributed by atoms with van der Waals surface area (Å²) in [5.74, 6) is 1.76. The van der Waals surface area contributed by atoms with Gasteiger partial charge in [0.05, 0.1) is 33.4 Å². The molecule has 26 heavy (non-hydrogen) atoms. The van der Waals surface area contributed by atoms with E-state index in [0.717, 1.165) is 11.1 Å². The van der Waals surface area contributed by atoms with Gasteiger partial charge in [-0.1, -0.05) is 18.2 Å². The third kappa shape index (κ3) is 5.46. The average molecular weight is 381 g/mol. The first-order chi connectivity index (χ1) is 12.1. The van der Waals surface area contributed by atoms with Crippen molar-refractivity contribution in [3.63, 3.8) is 0 Å². The zero-order chi connectivity index (χ0) is 18.2. The van der Waals surface area contributed by atoms with Crippen molar-refractivity contribution >= 4 is 24.0 Å². The van der Waals surface area contributed by atoms with E-state index in [1.807, 2.05) is 24.3 Å². The van der Waals surface area contributed by atoms with Crippen molar-refractivity contribution in [1.82, 2.24) is 5.32 Å². The summed E-state index contributed by atoms with van der Waals surface area (Å²) in [5.41, 5.74) is 8.33. The van der Waals surface area contributed by atoms with Crippen LogP contribution in [0.25, 0.3) is 0 Å². The highest BCUT2D eigenvalue weighted by Gasteiger charge is 2.14. The quantitative estimate of drug-likeness (QED) is 0.688. The molecule has 0 heterocycles. The Hall–Kier alpha value is -2.60. The summed E-state index contributed by atoms with van der Waals surface area (Å²) in [4.78, 5) is 12.2. The van der Waals surface area contributed by atoms with Gasteiger partial charge < -0.3 is 25.3 Å². The van der Waals surface area contributed by atoms with Gasteiger partial charge in [0.15, 0.2) is 0 Å². The van der Waals surface area contributed by atoms with E-state index >= 15 is 0 Å². The van der Waals surface area contributed by atoms with Crippen molar-refractivity contribution in [2.75, 3.05) is 27.1 Å². The Morgan fingerprint density at radius 1 is 1.04 bits per heavy atom. The van der Waals surface area contributed by atoms with Crippen LogP contribution in [0.3, 0.4) is 0 Å². The molecule has 1 amide bonds. The number of nitrogens with one attached hydrogen (secondary N) is 1. The smallest absolute Gasteiger partial charge is 0.220 e. The highest BCUT2D eigenvalue weighted by Crippen LogP contribution is 2.33. The van der Waals surface area contributed by atoms with Gasteiger partial charge in [0.2, 0.25) is 5.91 Å².